The van der Waals surface area contributed by atoms with E-state index >= 15 is 0 Å². The minimum absolute atomic E-state index is 0.147. The third-order valence-corrected chi connectivity index (χ3v) is 7.22. The van der Waals surface area contributed by atoms with Crippen molar-refractivity contribution in [3.63, 3.8) is 0 Å². The van der Waals surface area contributed by atoms with Crippen LogP contribution < -0.4 is 5.32 Å². The van der Waals surface area contributed by atoms with E-state index in [0.717, 1.165) is 28.7 Å². The lowest BCUT2D eigenvalue weighted by Crippen LogP contribution is -2.14. The molecular formula is C20H18FN5OS2. The van der Waals surface area contributed by atoms with Crippen LogP contribution in [0, 0.1) is 11.7 Å². The minimum atomic E-state index is -0.387. The average Bonchev–Trinajstić information content (AvgIpc) is 3.26. The quantitative estimate of drug-likeness (QED) is 0.491. The van der Waals surface area contributed by atoms with E-state index in [2.05, 4.69) is 27.4 Å². The number of nitrogens with one attached hydrogen (secondary N) is 1. The highest BCUT2D eigenvalue weighted by atomic mass is 32.2. The van der Waals surface area contributed by atoms with Crippen molar-refractivity contribution in [3.05, 3.63) is 46.9 Å². The van der Waals surface area contributed by atoms with Crippen LogP contribution in [0.25, 0.3) is 15.9 Å². The zero-order chi connectivity index (χ0) is 20.0. The molecule has 1 aliphatic rings. The number of rotatable bonds is 4. The van der Waals surface area contributed by atoms with Gasteiger partial charge in [0.2, 0.25) is 5.91 Å². The van der Waals surface area contributed by atoms with Gasteiger partial charge in [0.15, 0.2) is 10.8 Å². The Kier molecular flexibility index (Phi) is 4.71. The number of anilines is 1. The van der Waals surface area contributed by atoms with Crippen molar-refractivity contribution >= 4 is 50.6 Å². The molecule has 4 aromatic rings. The molecule has 1 amide bonds. The summed E-state index contributed by atoms with van der Waals surface area (Å²) in [6.45, 7) is 2.29. The number of aromatic nitrogens is 4. The number of thioether (sulfide) groups is 1. The first kappa shape index (κ1) is 18.5. The Morgan fingerprint density at radius 2 is 2.31 bits per heavy atom. The molecule has 0 bridgehead atoms. The van der Waals surface area contributed by atoms with Crippen LogP contribution in [0.3, 0.4) is 0 Å². The SMILES string of the molecule is C[C@H]1CCc2c(sc3ncn4c(SCC(=O)Nc5cccc(F)c5)nnc4c23)C1. The summed E-state index contributed by atoms with van der Waals surface area (Å²) < 4.78 is 15.1. The predicted octanol–water partition coefficient (Wildman–Crippen LogP) is 4.33. The zero-order valence-electron chi connectivity index (χ0n) is 15.7. The highest BCUT2D eigenvalue weighted by Gasteiger charge is 2.24. The number of nitrogens with zero attached hydrogens (tertiary/aromatic N) is 4. The molecule has 1 atom stereocenters. The fraction of sp³-hybridized carbons (Fsp3) is 0.300. The van der Waals surface area contributed by atoms with Crippen LogP contribution in [-0.4, -0.2) is 31.2 Å². The van der Waals surface area contributed by atoms with E-state index in [9.17, 15) is 9.18 Å². The fourth-order valence-electron chi connectivity index (χ4n) is 3.71. The van der Waals surface area contributed by atoms with Crippen LogP contribution in [0.4, 0.5) is 10.1 Å². The number of carbonyl (C=O) groups is 1. The molecule has 6 nitrogen and oxygen atoms in total. The van der Waals surface area contributed by atoms with Crippen molar-refractivity contribution in [1.29, 1.82) is 0 Å². The number of fused-ring (bicyclic) bond motifs is 5. The zero-order valence-corrected chi connectivity index (χ0v) is 17.3. The molecule has 0 saturated carbocycles. The summed E-state index contributed by atoms with van der Waals surface area (Å²) in [6, 6.07) is 5.84. The first-order valence-corrected chi connectivity index (χ1v) is 11.2. The van der Waals surface area contributed by atoms with Crippen molar-refractivity contribution in [2.75, 3.05) is 11.1 Å². The number of carbonyl (C=O) groups excluding carboxylic acids is 1. The van der Waals surface area contributed by atoms with Crippen LogP contribution >= 0.6 is 23.1 Å². The standard InChI is InChI=1S/C20H18FN5OS2/c1-11-5-6-14-15(7-11)29-19-17(14)18-24-25-20(26(18)10-22-19)28-9-16(27)23-13-4-2-3-12(21)8-13/h2-4,8,10-11H,5-7,9H2,1H3,(H,23,27)/t11-/m0/s1. The van der Waals surface area contributed by atoms with Gasteiger partial charge in [-0.1, -0.05) is 24.8 Å². The second kappa shape index (κ2) is 7.38. The van der Waals surface area contributed by atoms with E-state index in [-0.39, 0.29) is 17.5 Å². The maximum absolute atomic E-state index is 13.3. The van der Waals surface area contributed by atoms with Gasteiger partial charge in [-0.3, -0.25) is 9.20 Å². The van der Waals surface area contributed by atoms with Gasteiger partial charge in [0.25, 0.3) is 0 Å². The molecule has 0 spiro atoms. The summed E-state index contributed by atoms with van der Waals surface area (Å²) in [6.07, 6.45) is 5.05. The fourth-order valence-corrected chi connectivity index (χ4v) is 5.76. The number of halogens is 1. The summed E-state index contributed by atoms with van der Waals surface area (Å²) in [7, 11) is 0. The Morgan fingerprint density at radius 3 is 3.17 bits per heavy atom. The molecular weight excluding hydrogens is 409 g/mol. The Labute approximate surface area is 174 Å². The third-order valence-electron chi connectivity index (χ3n) is 5.11. The Balaban J connectivity index is 1.38. The molecule has 0 radical (unpaired) electrons. The Morgan fingerprint density at radius 1 is 1.41 bits per heavy atom. The number of thiophene rings is 1. The van der Waals surface area contributed by atoms with Crippen molar-refractivity contribution < 1.29 is 9.18 Å². The molecule has 0 unspecified atom stereocenters. The van der Waals surface area contributed by atoms with E-state index in [0.29, 0.717) is 16.8 Å². The second-order valence-corrected chi connectivity index (χ2v) is 9.33. The molecule has 29 heavy (non-hydrogen) atoms. The van der Waals surface area contributed by atoms with E-state index in [1.54, 1.807) is 29.8 Å². The van der Waals surface area contributed by atoms with Gasteiger partial charge in [0, 0.05) is 10.6 Å². The average molecular weight is 428 g/mol. The first-order valence-electron chi connectivity index (χ1n) is 9.40. The van der Waals surface area contributed by atoms with E-state index < -0.39 is 0 Å². The van der Waals surface area contributed by atoms with Crippen molar-refractivity contribution in [2.45, 2.75) is 31.3 Å². The lowest BCUT2D eigenvalue weighted by Gasteiger charge is -2.17. The van der Waals surface area contributed by atoms with Gasteiger partial charge in [-0.2, -0.15) is 0 Å². The normalized spacial score (nSPS) is 16.3. The molecule has 1 aliphatic carbocycles. The maximum Gasteiger partial charge on any atom is 0.234 e. The van der Waals surface area contributed by atoms with Crippen LogP contribution in [0.2, 0.25) is 0 Å². The minimum Gasteiger partial charge on any atom is -0.325 e. The number of amides is 1. The summed E-state index contributed by atoms with van der Waals surface area (Å²) in [5.74, 6) is 0.233. The number of hydrogen-bond acceptors (Lipinski definition) is 6. The van der Waals surface area contributed by atoms with E-state index in [1.807, 2.05) is 4.40 Å². The highest BCUT2D eigenvalue weighted by molar-refractivity contribution is 7.99. The highest BCUT2D eigenvalue weighted by Crippen LogP contribution is 2.39. The van der Waals surface area contributed by atoms with Gasteiger partial charge in [-0.05, 0) is 48.9 Å². The molecule has 0 fully saturated rings. The molecule has 1 aromatic carbocycles. The van der Waals surface area contributed by atoms with Crippen molar-refractivity contribution in [3.8, 4) is 0 Å². The van der Waals surface area contributed by atoms with Gasteiger partial charge >= 0.3 is 0 Å². The van der Waals surface area contributed by atoms with Crippen molar-refractivity contribution in [1.82, 2.24) is 19.6 Å². The van der Waals surface area contributed by atoms with Gasteiger partial charge in [-0.25, -0.2) is 9.37 Å². The summed E-state index contributed by atoms with van der Waals surface area (Å²) >= 11 is 3.04. The molecule has 3 heterocycles. The summed E-state index contributed by atoms with van der Waals surface area (Å²) in [4.78, 5) is 19.3. The van der Waals surface area contributed by atoms with Gasteiger partial charge in [-0.15, -0.1) is 21.5 Å². The van der Waals surface area contributed by atoms with Crippen LogP contribution in [-0.2, 0) is 17.6 Å². The number of benzene rings is 1. The number of aryl methyl sites for hydroxylation is 1. The van der Waals surface area contributed by atoms with E-state index in [1.165, 1.54) is 40.8 Å². The Bertz CT molecular complexity index is 1230. The molecule has 9 heteroatoms. The summed E-state index contributed by atoms with van der Waals surface area (Å²) in [5, 5.41) is 13.1. The molecule has 1 N–H and O–H groups in total. The molecule has 0 saturated heterocycles. The smallest absolute Gasteiger partial charge is 0.234 e. The van der Waals surface area contributed by atoms with E-state index in [4.69, 9.17) is 0 Å². The van der Waals surface area contributed by atoms with Crippen LogP contribution in [0.1, 0.15) is 23.8 Å². The van der Waals surface area contributed by atoms with Gasteiger partial charge < -0.3 is 5.32 Å². The van der Waals surface area contributed by atoms with Crippen LogP contribution in [0.15, 0.2) is 35.7 Å². The second-order valence-electron chi connectivity index (χ2n) is 7.30. The van der Waals surface area contributed by atoms with Crippen molar-refractivity contribution in [2.24, 2.45) is 5.92 Å². The van der Waals surface area contributed by atoms with Gasteiger partial charge in [0.05, 0.1) is 11.1 Å². The molecule has 0 aliphatic heterocycles. The number of hydrogen-bond donors (Lipinski definition) is 1. The largest absolute Gasteiger partial charge is 0.325 e. The topological polar surface area (TPSA) is 72.2 Å². The van der Waals surface area contributed by atoms with Crippen LogP contribution in [0.5, 0.6) is 0 Å². The Hall–Kier alpha value is -2.52. The first-order chi connectivity index (χ1) is 14.1. The predicted molar refractivity (Wildman–Crippen MR) is 113 cm³/mol. The molecule has 3 aromatic heterocycles. The molecule has 5 rings (SSSR count). The molecule has 148 valence electrons. The lowest BCUT2D eigenvalue weighted by molar-refractivity contribution is -0.113. The van der Waals surface area contributed by atoms with Gasteiger partial charge in [0.1, 0.15) is 17.0 Å². The monoisotopic (exact) mass is 427 g/mol. The maximum atomic E-state index is 13.3. The summed E-state index contributed by atoms with van der Waals surface area (Å²) in [5.41, 5.74) is 2.59. The lowest BCUT2D eigenvalue weighted by atomic mass is 9.89. The third kappa shape index (κ3) is 3.49.